The molecule has 0 unspecified atom stereocenters. The molecule has 1 aliphatic heterocycles. The van der Waals surface area contributed by atoms with E-state index in [9.17, 15) is 4.79 Å². The van der Waals surface area contributed by atoms with Crippen molar-refractivity contribution in [2.45, 2.75) is 20.4 Å². The summed E-state index contributed by atoms with van der Waals surface area (Å²) in [4.78, 5) is 12.2. The van der Waals surface area contributed by atoms with Crippen LogP contribution in [0.4, 0.5) is 0 Å². The maximum absolute atomic E-state index is 12.2. The topological polar surface area (TPSA) is 56.8 Å². The zero-order valence-corrected chi connectivity index (χ0v) is 13.9. The summed E-state index contributed by atoms with van der Waals surface area (Å²) in [6.45, 7) is 5.53. The van der Waals surface area contributed by atoms with E-state index in [1.165, 1.54) is 0 Å². The molecule has 2 aromatic carbocycles. The van der Waals surface area contributed by atoms with Crippen LogP contribution >= 0.6 is 0 Å². The average Bonchev–Trinajstić information content (AvgIpc) is 3.06. The molecular weight excluding hydrogens is 306 g/mol. The first-order valence-electron chi connectivity index (χ1n) is 8.01. The van der Waals surface area contributed by atoms with Gasteiger partial charge in [0.1, 0.15) is 5.75 Å². The molecule has 0 saturated carbocycles. The van der Waals surface area contributed by atoms with Gasteiger partial charge in [-0.2, -0.15) is 0 Å². The van der Waals surface area contributed by atoms with E-state index in [1.54, 1.807) is 12.1 Å². The predicted octanol–water partition coefficient (Wildman–Crippen LogP) is 3.38. The Morgan fingerprint density at radius 3 is 2.62 bits per heavy atom. The number of hydrogen-bond acceptors (Lipinski definition) is 4. The van der Waals surface area contributed by atoms with Crippen LogP contribution in [0.15, 0.2) is 42.5 Å². The smallest absolute Gasteiger partial charge is 0.251 e. The van der Waals surface area contributed by atoms with Crippen molar-refractivity contribution >= 4 is 5.91 Å². The van der Waals surface area contributed by atoms with E-state index in [1.807, 2.05) is 30.3 Å². The van der Waals surface area contributed by atoms with E-state index in [-0.39, 0.29) is 12.7 Å². The zero-order valence-electron chi connectivity index (χ0n) is 13.9. The summed E-state index contributed by atoms with van der Waals surface area (Å²) in [6, 6.07) is 12.8. The zero-order chi connectivity index (χ0) is 16.9. The molecule has 0 bridgehead atoms. The highest BCUT2D eigenvalue weighted by molar-refractivity contribution is 5.94. The number of fused-ring (bicyclic) bond motifs is 1. The first kappa shape index (κ1) is 16.2. The fourth-order valence-corrected chi connectivity index (χ4v) is 2.30. The minimum absolute atomic E-state index is 0.122. The number of carbonyl (C=O) groups is 1. The van der Waals surface area contributed by atoms with Gasteiger partial charge in [0.25, 0.3) is 5.91 Å². The molecule has 3 rings (SSSR count). The normalized spacial score (nSPS) is 12.3. The third-order valence-corrected chi connectivity index (χ3v) is 3.59. The SMILES string of the molecule is CC(C)COc1ccc(C(=O)NCc2ccc3c(c2)OCO3)cc1. The summed E-state index contributed by atoms with van der Waals surface area (Å²) < 4.78 is 16.2. The standard InChI is InChI=1S/C19H21NO4/c1-13(2)11-22-16-6-4-15(5-7-16)19(21)20-10-14-3-8-17-18(9-14)24-12-23-17/h3-9,13H,10-12H2,1-2H3,(H,20,21). The molecule has 0 fully saturated rings. The molecule has 0 atom stereocenters. The summed E-state index contributed by atoms with van der Waals surface area (Å²) in [5.41, 5.74) is 1.57. The number of rotatable bonds is 6. The molecule has 0 radical (unpaired) electrons. The minimum Gasteiger partial charge on any atom is -0.493 e. The summed E-state index contributed by atoms with van der Waals surface area (Å²) >= 11 is 0. The highest BCUT2D eigenvalue weighted by Gasteiger charge is 2.13. The van der Waals surface area contributed by atoms with Crippen molar-refractivity contribution in [1.82, 2.24) is 5.32 Å². The Labute approximate surface area is 141 Å². The Morgan fingerprint density at radius 2 is 1.88 bits per heavy atom. The predicted molar refractivity (Wildman–Crippen MR) is 90.5 cm³/mol. The molecule has 1 heterocycles. The van der Waals surface area contributed by atoms with Crippen molar-refractivity contribution in [2.75, 3.05) is 13.4 Å². The molecule has 0 aromatic heterocycles. The monoisotopic (exact) mass is 327 g/mol. The van der Waals surface area contributed by atoms with Gasteiger partial charge in [-0.3, -0.25) is 4.79 Å². The Hall–Kier alpha value is -2.69. The van der Waals surface area contributed by atoms with E-state index >= 15 is 0 Å². The number of carbonyl (C=O) groups excluding carboxylic acids is 1. The summed E-state index contributed by atoms with van der Waals surface area (Å²) in [7, 11) is 0. The largest absolute Gasteiger partial charge is 0.493 e. The van der Waals surface area contributed by atoms with Gasteiger partial charge in [0, 0.05) is 12.1 Å². The van der Waals surface area contributed by atoms with E-state index in [0.717, 1.165) is 17.1 Å². The molecule has 0 saturated heterocycles. The Bertz CT molecular complexity index is 710. The van der Waals surface area contributed by atoms with Crippen molar-refractivity contribution in [1.29, 1.82) is 0 Å². The van der Waals surface area contributed by atoms with Gasteiger partial charge in [-0.15, -0.1) is 0 Å². The van der Waals surface area contributed by atoms with Crippen LogP contribution in [-0.4, -0.2) is 19.3 Å². The molecule has 0 spiro atoms. The lowest BCUT2D eigenvalue weighted by Gasteiger charge is -2.10. The van der Waals surface area contributed by atoms with Gasteiger partial charge in [0.05, 0.1) is 6.61 Å². The molecule has 1 amide bonds. The van der Waals surface area contributed by atoms with Crippen molar-refractivity contribution in [2.24, 2.45) is 5.92 Å². The van der Waals surface area contributed by atoms with E-state index < -0.39 is 0 Å². The van der Waals surface area contributed by atoms with Crippen molar-refractivity contribution in [3.8, 4) is 17.2 Å². The molecule has 5 nitrogen and oxygen atoms in total. The summed E-state index contributed by atoms with van der Waals surface area (Å²) in [6.07, 6.45) is 0. The van der Waals surface area contributed by atoms with Gasteiger partial charge in [0.15, 0.2) is 11.5 Å². The second-order valence-corrected chi connectivity index (χ2v) is 6.10. The molecule has 2 aromatic rings. The van der Waals surface area contributed by atoms with Gasteiger partial charge in [-0.05, 0) is 47.9 Å². The number of nitrogens with one attached hydrogen (secondary N) is 1. The minimum atomic E-state index is -0.122. The van der Waals surface area contributed by atoms with Gasteiger partial charge in [0.2, 0.25) is 6.79 Å². The Morgan fingerprint density at radius 1 is 1.12 bits per heavy atom. The first-order valence-corrected chi connectivity index (χ1v) is 8.01. The van der Waals surface area contributed by atoms with E-state index in [4.69, 9.17) is 14.2 Å². The molecule has 1 N–H and O–H groups in total. The van der Waals surface area contributed by atoms with Crippen molar-refractivity contribution in [3.05, 3.63) is 53.6 Å². The molecule has 126 valence electrons. The fraction of sp³-hybridized carbons (Fsp3) is 0.316. The Kier molecular flexibility index (Phi) is 4.89. The Balaban J connectivity index is 1.55. The first-order chi connectivity index (χ1) is 11.6. The van der Waals surface area contributed by atoms with Crippen LogP contribution in [0.5, 0.6) is 17.2 Å². The van der Waals surface area contributed by atoms with Gasteiger partial charge < -0.3 is 19.5 Å². The third kappa shape index (κ3) is 3.98. The lowest BCUT2D eigenvalue weighted by atomic mass is 10.1. The lowest BCUT2D eigenvalue weighted by molar-refractivity contribution is 0.0950. The average molecular weight is 327 g/mol. The van der Waals surface area contributed by atoms with Gasteiger partial charge in [-0.25, -0.2) is 0 Å². The lowest BCUT2D eigenvalue weighted by Crippen LogP contribution is -2.22. The number of benzene rings is 2. The van der Waals surface area contributed by atoms with Crippen LogP contribution in [-0.2, 0) is 6.54 Å². The van der Waals surface area contributed by atoms with Crippen molar-refractivity contribution < 1.29 is 19.0 Å². The summed E-state index contributed by atoms with van der Waals surface area (Å²) in [5.74, 6) is 2.57. The third-order valence-electron chi connectivity index (χ3n) is 3.59. The van der Waals surface area contributed by atoms with E-state index in [2.05, 4.69) is 19.2 Å². The number of amides is 1. The summed E-state index contributed by atoms with van der Waals surface area (Å²) in [5, 5.41) is 2.90. The highest BCUT2D eigenvalue weighted by atomic mass is 16.7. The van der Waals surface area contributed by atoms with E-state index in [0.29, 0.717) is 30.4 Å². The number of ether oxygens (including phenoxy) is 3. The maximum Gasteiger partial charge on any atom is 0.251 e. The quantitative estimate of drug-likeness (QED) is 0.884. The van der Waals surface area contributed by atoms with Crippen LogP contribution in [0.25, 0.3) is 0 Å². The molecular formula is C19H21NO4. The molecule has 5 heteroatoms. The highest BCUT2D eigenvalue weighted by Crippen LogP contribution is 2.32. The van der Waals surface area contributed by atoms with Crippen LogP contribution in [0.1, 0.15) is 29.8 Å². The van der Waals surface area contributed by atoms with Gasteiger partial charge >= 0.3 is 0 Å². The fourth-order valence-electron chi connectivity index (χ4n) is 2.30. The number of hydrogen-bond donors (Lipinski definition) is 1. The van der Waals surface area contributed by atoms with Crippen LogP contribution < -0.4 is 19.5 Å². The van der Waals surface area contributed by atoms with Crippen LogP contribution in [0.3, 0.4) is 0 Å². The molecule has 24 heavy (non-hydrogen) atoms. The van der Waals surface area contributed by atoms with Gasteiger partial charge in [-0.1, -0.05) is 19.9 Å². The second-order valence-electron chi connectivity index (χ2n) is 6.10. The molecule has 1 aliphatic rings. The second kappa shape index (κ2) is 7.25. The maximum atomic E-state index is 12.2. The van der Waals surface area contributed by atoms with Crippen LogP contribution in [0.2, 0.25) is 0 Å². The molecule has 0 aliphatic carbocycles. The van der Waals surface area contributed by atoms with Crippen molar-refractivity contribution in [3.63, 3.8) is 0 Å². The van der Waals surface area contributed by atoms with Crippen LogP contribution in [0, 0.1) is 5.92 Å².